The highest BCUT2D eigenvalue weighted by Crippen LogP contribution is 2.27. The van der Waals surface area contributed by atoms with E-state index in [-0.39, 0.29) is 31.3 Å². The maximum atomic E-state index is 14.3. The van der Waals surface area contributed by atoms with Crippen molar-refractivity contribution >= 4 is 11.8 Å². The molecule has 0 spiro atoms. The normalized spacial score (nSPS) is 19.0. The topological polar surface area (TPSA) is 80.1 Å². The fourth-order valence-electron chi connectivity index (χ4n) is 4.17. The summed E-state index contributed by atoms with van der Waals surface area (Å²) in [5, 5.41) is 10.5. The van der Waals surface area contributed by atoms with E-state index < -0.39 is 18.3 Å². The number of rotatable bonds is 7. The molecule has 0 aliphatic carbocycles. The van der Waals surface area contributed by atoms with Crippen molar-refractivity contribution in [1.82, 2.24) is 25.2 Å². The lowest BCUT2D eigenvalue weighted by Crippen LogP contribution is -2.48. The van der Waals surface area contributed by atoms with E-state index in [0.717, 1.165) is 11.1 Å². The Balaban J connectivity index is 1.56. The number of nitrogens with one attached hydrogen (secondary N) is 1. The zero-order valence-electron chi connectivity index (χ0n) is 18.8. The summed E-state index contributed by atoms with van der Waals surface area (Å²) in [5.74, 6) is -0.337. The summed E-state index contributed by atoms with van der Waals surface area (Å²) in [7, 11) is 0. The Bertz CT molecular complexity index is 1070. The van der Waals surface area contributed by atoms with Crippen LogP contribution in [0.2, 0.25) is 0 Å². The van der Waals surface area contributed by atoms with Crippen LogP contribution in [0.1, 0.15) is 48.9 Å². The van der Waals surface area contributed by atoms with Crippen molar-refractivity contribution in [1.29, 1.82) is 0 Å². The predicted molar refractivity (Wildman–Crippen MR) is 122 cm³/mol. The maximum Gasteiger partial charge on any atom is 0.245 e. The fourth-order valence-corrected chi connectivity index (χ4v) is 4.17. The molecule has 0 radical (unpaired) electrons. The molecule has 2 heterocycles. The quantitative estimate of drug-likeness (QED) is 0.601. The van der Waals surface area contributed by atoms with Crippen molar-refractivity contribution < 1.29 is 14.0 Å². The van der Waals surface area contributed by atoms with Crippen LogP contribution in [0.5, 0.6) is 0 Å². The third-order valence-electron chi connectivity index (χ3n) is 6.00. The molecule has 2 aromatic carbocycles. The Labute approximate surface area is 192 Å². The first kappa shape index (κ1) is 22.6. The van der Waals surface area contributed by atoms with Gasteiger partial charge in [-0.3, -0.25) is 9.59 Å². The smallest absolute Gasteiger partial charge is 0.245 e. The summed E-state index contributed by atoms with van der Waals surface area (Å²) in [6, 6.07) is 16.5. The monoisotopic (exact) mass is 449 g/mol. The number of carbonyl (C=O) groups is 2. The Morgan fingerprint density at radius 1 is 1.06 bits per heavy atom. The second-order valence-corrected chi connectivity index (χ2v) is 8.67. The summed E-state index contributed by atoms with van der Waals surface area (Å²) >= 11 is 0. The van der Waals surface area contributed by atoms with Gasteiger partial charge < -0.3 is 10.2 Å². The van der Waals surface area contributed by atoms with Crippen LogP contribution in [0.3, 0.4) is 0 Å². The third-order valence-corrected chi connectivity index (χ3v) is 6.00. The average molecular weight is 450 g/mol. The number of alkyl halides is 1. The minimum absolute atomic E-state index is 0.0251. The zero-order chi connectivity index (χ0) is 23.4. The standard InChI is InChI=1S/C25H28FN5O2/c1-17(2)18-8-10-20(11-9-18)24(19-6-4-3-5-7-19)28-25(33)22-14-21(26)15-31(22)23(32)16-30-13-12-27-29-30/h3-13,17,21-22,24H,14-16H2,1-2H3,(H,28,33)/t21-,22?,24+/m1/s1. The van der Waals surface area contributed by atoms with Crippen molar-refractivity contribution in [2.45, 2.75) is 51.0 Å². The van der Waals surface area contributed by atoms with E-state index in [4.69, 9.17) is 0 Å². The van der Waals surface area contributed by atoms with E-state index in [1.165, 1.54) is 21.3 Å². The molecule has 3 atom stereocenters. The SMILES string of the molecule is CC(C)c1ccc([C@@H](NC(=O)C2C[C@@H](F)CN2C(=O)Cn2ccnn2)c2ccccc2)cc1. The molecule has 4 rings (SSSR count). The first-order valence-corrected chi connectivity index (χ1v) is 11.1. The van der Waals surface area contributed by atoms with Crippen LogP contribution in [0.4, 0.5) is 4.39 Å². The van der Waals surface area contributed by atoms with Gasteiger partial charge >= 0.3 is 0 Å². The van der Waals surface area contributed by atoms with Crippen LogP contribution in [0.25, 0.3) is 0 Å². The van der Waals surface area contributed by atoms with Crippen LogP contribution in [0.15, 0.2) is 67.0 Å². The van der Waals surface area contributed by atoms with Crippen molar-refractivity contribution in [2.75, 3.05) is 6.54 Å². The summed E-state index contributed by atoms with van der Waals surface area (Å²) < 4.78 is 15.7. The number of hydrogen-bond acceptors (Lipinski definition) is 4. The number of nitrogens with zero attached hydrogens (tertiary/aromatic N) is 4. The van der Waals surface area contributed by atoms with Gasteiger partial charge in [-0.05, 0) is 22.6 Å². The lowest BCUT2D eigenvalue weighted by atomic mass is 9.95. The van der Waals surface area contributed by atoms with Gasteiger partial charge in [0.1, 0.15) is 18.8 Å². The molecule has 8 heteroatoms. The first-order chi connectivity index (χ1) is 15.9. The molecule has 1 aliphatic rings. The molecule has 7 nitrogen and oxygen atoms in total. The number of aromatic nitrogens is 3. The zero-order valence-corrected chi connectivity index (χ0v) is 18.8. The molecule has 0 saturated carbocycles. The summed E-state index contributed by atoms with van der Waals surface area (Å²) in [6.07, 6.45) is 1.75. The summed E-state index contributed by atoms with van der Waals surface area (Å²) in [5.41, 5.74) is 3.05. The molecular weight excluding hydrogens is 421 g/mol. The lowest BCUT2D eigenvalue weighted by molar-refractivity contribution is -0.139. The predicted octanol–water partition coefficient (Wildman–Crippen LogP) is 3.25. The molecular formula is C25H28FN5O2. The van der Waals surface area contributed by atoms with Crippen LogP contribution in [-0.2, 0) is 16.1 Å². The van der Waals surface area contributed by atoms with Crippen LogP contribution in [0, 0.1) is 0 Å². The number of halogens is 1. The molecule has 1 fully saturated rings. The van der Waals surface area contributed by atoms with Crippen molar-refractivity contribution in [2.24, 2.45) is 0 Å². The van der Waals surface area contributed by atoms with Gasteiger partial charge in [-0.1, -0.05) is 73.7 Å². The number of hydrogen-bond donors (Lipinski definition) is 1. The van der Waals surface area contributed by atoms with E-state index in [0.29, 0.717) is 5.92 Å². The van der Waals surface area contributed by atoms with Gasteiger partial charge in [-0.25, -0.2) is 9.07 Å². The van der Waals surface area contributed by atoms with Gasteiger partial charge in [0.05, 0.1) is 18.8 Å². The fraction of sp³-hybridized carbons (Fsp3) is 0.360. The van der Waals surface area contributed by atoms with Crippen molar-refractivity contribution in [3.63, 3.8) is 0 Å². The molecule has 0 bridgehead atoms. The van der Waals surface area contributed by atoms with Gasteiger partial charge in [0.15, 0.2) is 0 Å². The maximum absolute atomic E-state index is 14.3. The van der Waals surface area contributed by atoms with Gasteiger partial charge in [-0.15, -0.1) is 5.10 Å². The number of likely N-dealkylation sites (tertiary alicyclic amines) is 1. The third kappa shape index (κ3) is 5.27. The Hall–Kier alpha value is -3.55. The van der Waals surface area contributed by atoms with Gasteiger partial charge in [0.25, 0.3) is 0 Å². The highest BCUT2D eigenvalue weighted by atomic mass is 19.1. The van der Waals surface area contributed by atoms with Crippen LogP contribution >= 0.6 is 0 Å². The van der Waals surface area contributed by atoms with Crippen molar-refractivity contribution in [3.05, 3.63) is 83.7 Å². The average Bonchev–Trinajstić information content (AvgIpc) is 3.47. The molecule has 1 N–H and O–H groups in total. The second kappa shape index (κ2) is 9.94. The van der Waals surface area contributed by atoms with E-state index in [9.17, 15) is 14.0 Å². The molecule has 172 valence electrons. The molecule has 1 unspecified atom stereocenters. The first-order valence-electron chi connectivity index (χ1n) is 11.1. The number of benzene rings is 2. The highest BCUT2D eigenvalue weighted by Gasteiger charge is 2.40. The number of carbonyl (C=O) groups excluding carboxylic acids is 2. The number of amides is 2. The molecule has 1 aromatic heterocycles. The largest absolute Gasteiger partial charge is 0.343 e. The molecule has 1 saturated heterocycles. The van der Waals surface area contributed by atoms with E-state index in [2.05, 4.69) is 41.6 Å². The minimum atomic E-state index is -1.25. The minimum Gasteiger partial charge on any atom is -0.343 e. The van der Waals surface area contributed by atoms with E-state index in [1.54, 1.807) is 6.20 Å². The summed E-state index contributed by atoms with van der Waals surface area (Å²) in [4.78, 5) is 27.4. The van der Waals surface area contributed by atoms with Crippen LogP contribution in [-0.4, -0.2) is 50.5 Å². The Kier molecular flexibility index (Phi) is 6.82. The molecule has 1 aliphatic heterocycles. The van der Waals surface area contributed by atoms with Gasteiger partial charge in [-0.2, -0.15) is 0 Å². The molecule has 33 heavy (non-hydrogen) atoms. The highest BCUT2D eigenvalue weighted by molar-refractivity contribution is 5.88. The molecule has 3 aromatic rings. The van der Waals surface area contributed by atoms with Gasteiger partial charge in [0, 0.05) is 12.6 Å². The lowest BCUT2D eigenvalue weighted by Gasteiger charge is -2.27. The van der Waals surface area contributed by atoms with Crippen molar-refractivity contribution in [3.8, 4) is 0 Å². The second-order valence-electron chi connectivity index (χ2n) is 8.67. The van der Waals surface area contributed by atoms with Crippen LogP contribution < -0.4 is 5.32 Å². The summed E-state index contributed by atoms with van der Waals surface area (Å²) in [6.45, 7) is 4.06. The van der Waals surface area contributed by atoms with E-state index in [1.807, 2.05) is 42.5 Å². The Morgan fingerprint density at radius 3 is 2.36 bits per heavy atom. The van der Waals surface area contributed by atoms with E-state index >= 15 is 0 Å². The Morgan fingerprint density at radius 2 is 1.73 bits per heavy atom. The molecule has 2 amide bonds. The van der Waals surface area contributed by atoms with Gasteiger partial charge in [0.2, 0.25) is 11.8 Å².